The number of aliphatic imine (C=N–C) groups is 1. The third-order valence-corrected chi connectivity index (χ3v) is 3.62. The molecular formula is C17H23N5O2. The van der Waals surface area contributed by atoms with Gasteiger partial charge in [-0.25, -0.2) is 4.99 Å². The van der Waals surface area contributed by atoms with Crippen LogP contribution >= 0.6 is 0 Å². The van der Waals surface area contributed by atoms with Crippen molar-refractivity contribution in [1.29, 1.82) is 0 Å². The lowest BCUT2D eigenvalue weighted by Gasteiger charge is -2.11. The molecule has 0 bridgehead atoms. The Bertz CT molecular complexity index is 670. The van der Waals surface area contributed by atoms with Crippen molar-refractivity contribution >= 4 is 5.96 Å². The molecule has 0 spiro atoms. The van der Waals surface area contributed by atoms with Crippen molar-refractivity contribution < 1.29 is 9.47 Å². The number of aromatic nitrogens is 2. The average molecular weight is 329 g/mol. The Morgan fingerprint density at radius 3 is 3.04 bits per heavy atom. The summed E-state index contributed by atoms with van der Waals surface area (Å²) < 4.78 is 12.7. The monoisotopic (exact) mass is 329 g/mol. The third-order valence-electron chi connectivity index (χ3n) is 3.62. The summed E-state index contributed by atoms with van der Waals surface area (Å²) in [6.07, 6.45) is 4.75. The van der Waals surface area contributed by atoms with Gasteiger partial charge in [-0.1, -0.05) is 6.07 Å². The second-order valence-corrected chi connectivity index (χ2v) is 5.43. The van der Waals surface area contributed by atoms with Gasteiger partial charge in [0.15, 0.2) is 17.5 Å². The van der Waals surface area contributed by atoms with E-state index in [9.17, 15) is 0 Å². The predicted octanol–water partition coefficient (Wildman–Crippen LogP) is 1.76. The van der Waals surface area contributed by atoms with Gasteiger partial charge in [-0.05, 0) is 37.1 Å². The molecule has 3 rings (SSSR count). The molecule has 0 fully saturated rings. The summed E-state index contributed by atoms with van der Waals surface area (Å²) in [5, 5.41) is 10.8. The Morgan fingerprint density at radius 2 is 2.21 bits per heavy atom. The van der Waals surface area contributed by atoms with Crippen LogP contribution in [0.4, 0.5) is 0 Å². The molecule has 0 atom stereocenters. The summed E-state index contributed by atoms with van der Waals surface area (Å²) in [4.78, 5) is 4.62. The first-order valence-electron chi connectivity index (χ1n) is 8.23. The number of guanidine groups is 1. The van der Waals surface area contributed by atoms with Crippen LogP contribution in [-0.4, -0.2) is 35.6 Å². The Kier molecular flexibility index (Phi) is 5.55. The van der Waals surface area contributed by atoms with Gasteiger partial charge in [0.1, 0.15) is 0 Å². The number of nitrogens with zero attached hydrogens (tertiary/aromatic N) is 3. The number of benzene rings is 1. The predicted molar refractivity (Wildman–Crippen MR) is 92.2 cm³/mol. The summed E-state index contributed by atoms with van der Waals surface area (Å²) in [5.74, 6) is 2.40. The Hall–Kier alpha value is -2.70. The van der Waals surface area contributed by atoms with Crippen molar-refractivity contribution in [2.45, 2.75) is 26.4 Å². The summed E-state index contributed by atoms with van der Waals surface area (Å²) in [6, 6.07) is 7.85. The maximum absolute atomic E-state index is 5.40. The lowest BCUT2D eigenvalue weighted by atomic mass is 10.2. The summed E-state index contributed by atoms with van der Waals surface area (Å²) in [5.41, 5.74) is 1.09. The highest BCUT2D eigenvalue weighted by Gasteiger charge is 2.12. The molecule has 0 saturated heterocycles. The Labute approximate surface area is 141 Å². The molecular weight excluding hydrogens is 306 g/mol. The molecule has 1 aromatic heterocycles. The van der Waals surface area contributed by atoms with Crippen molar-refractivity contribution in [1.82, 2.24) is 20.4 Å². The fourth-order valence-electron chi connectivity index (χ4n) is 2.43. The molecule has 2 aromatic rings. The lowest BCUT2D eigenvalue weighted by molar-refractivity contribution is 0.174. The van der Waals surface area contributed by atoms with E-state index in [0.29, 0.717) is 13.3 Å². The molecule has 2 N–H and O–H groups in total. The van der Waals surface area contributed by atoms with Crippen LogP contribution in [0, 0.1) is 0 Å². The van der Waals surface area contributed by atoms with Gasteiger partial charge in [0.25, 0.3) is 0 Å². The lowest BCUT2D eigenvalue weighted by Crippen LogP contribution is -2.38. The summed E-state index contributed by atoms with van der Waals surface area (Å²) >= 11 is 0. The highest BCUT2D eigenvalue weighted by Crippen LogP contribution is 2.32. The third kappa shape index (κ3) is 4.41. The van der Waals surface area contributed by atoms with Gasteiger partial charge in [-0.15, -0.1) is 0 Å². The zero-order chi connectivity index (χ0) is 16.6. The van der Waals surface area contributed by atoms with Crippen molar-refractivity contribution in [3.8, 4) is 11.5 Å². The van der Waals surface area contributed by atoms with Crippen molar-refractivity contribution in [3.05, 3.63) is 42.2 Å². The minimum absolute atomic E-state index is 0.294. The maximum atomic E-state index is 5.40. The van der Waals surface area contributed by atoms with Crippen LogP contribution in [-0.2, 0) is 13.1 Å². The molecule has 128 valence electrons. The Morgan fingerprint density at radius 1 is 1.29 bits per heavy atom. The van der Waals surface area contributed by atoms with E-state index in [1.807, 2.05) is 35.1 Å². The quantitative estimate of drug-likeness (QED) is 0.460. The largest absolute Gasteiger partial charge is 0.454 e. The maximum Gasteiger partial charge on any atom is 0.231 e. The molecule has 7 nitrogen and oxygen atoms in total. The Balaban J connectivity index is 1.49. The second-order valence-electron chi connectivity index (χ2n) is 5.43. The minimum atomic E-state index is 0.294. The van der Waals surface area contributed by atoms with E-state index in [2.05, 4.69) is 27.6 Å². The normalized spacial score (nSPS) is 13.1. The number of ether oxygens (including phenoxy) is 2. The van der Waals surface area contributed by atoms with E-state index in [4.69, 9.17) is 9.47 Å². The van der Waals surface area contributed by atoms with E-state index in [-0.39, 0.29) is 0 Å². The number of hydrogen-bond acceptors (Lipinski definition) is 4. The van der Waals surface area contributed by atoms with Crippen molar-refractivity contribution in [2.75, 3.05) is 19.9 Å². The molecule has 0 radical (unpaired) electrons. The number of rotatable bonds is 7. The topological polar surface area (TPSA) is 72.7 Å². The van der Waals surface area contributed by atoms with Crippen LogP contribution in [0.5, 0.6) is 11.5 Å². The first-order chi connectivity index (χ1) is 11.8. The van der Waals surface area contributed by atoms with E-state index in [1.165, 1.54) is 0 Å². The first-order valence-corrected chi connectivity index (χ1v) is 8.23. The number of aryl methyl sites for hydroxylation is 1. The van der Waals surface area contributed by atoms with Crippen LogP contribution in [0.25, 0.3) is 0 Å². The summed E-state index contributed by atoms with van der Waals surface area (Å²) in [6.45, 7) is 5.50. The standard InChI is InChI=1S/C17H23N5O2/c1-2-18-17(19-7-3-9-22-10-4-8-21-22)20-12-14-5-6-15-16(11-14)24-13-23-15/h4-6,8,10-11H,2-3,7,9,12-13H2,1H3,(H2,18,19,20). The second kappa shape index (κ2) is 8.24. The summed E-state index contributed by atoms with van der Waals surface area (Å²) in [7, 11) is 0. The molecule has 1 aliphatic rings. The van der Waals surface area contributed by atoms with Gasteiger partial charge in [0, 0.05) is 32.0 Å². The van der Waals surface area contributed by atoms with E-state index < -0.39 is 0 Å². The molecule has 7 heteroatoms. The van der Waals surface area contributed by atoms with Crippen LogP contribution < -0.4 is 20.1 Å². The van der Waals surface area contributed by atoms with E-state index >= 15 is 0 Å². The van der Waals surface area contributed by atoms with E-state index in [0.717, 1.165) is 49.1 Å². The van der Waals surface area contributed by atoms with Crippen molar-refractivity contribution in [2.24, 2.45) is 4.99 Å². The smallest absolute Gasteiger partial charge is 0.231 e. The van der Waals surface area contributed by atoms with Crippen LogP contribution in [0.3, 0.4) is 0 Å². The van der Waals surface area contributed by atoms with Gasteiger partial charge in [-0.3, -0.25) is 4.68 Å². The van der Waals surface area contributed by atoms with E-state index in [1.54, 1.807) is 6.20 Å². The number of nitrogens with one attached hydrogen (secondary N) is 2. The highest BCUT2D eigenvalue weighted by atomic mass is 16.7. The minimum Gasteiger partial charge on any atom is -0.454 e. The highest BCUT2D eigenvalue weighted by molar-refractivity contribution is 5.79. The molecule has 2 heterocycles. The van der Waals surface area contributed by atoms with Gasteiger partial charge in [-0.2, -0.15) is 5.10 Å². The van der Waals surface area contributed by atoms with Gasteiger partial charge in [0.2, 0.25) is 6.79 Å². The van der Waals surface area contributed by atoms with Crippen LogP contribution in [0.1, 0.15) is 18.9 Å². The molecule has 0 unspecified atom stereocenters. The van der Waals surface area contributed by atoms with Gasteiger partial charge in [0.05, 0.1) is 6.54 Å². The fraction of sp³-hybridized carbons (Fsp3) is 0.412. The number of hydrogen-bond donors (Lipinski definition) is 2. The molecule has 0 amide bonds. The molecule has 1 aliphatic heterocycles. The molecule has 0 saturated carbocycles. The first kappa shape index (κ1) is 16.2. The van der Waals surface area contributed by atoms with Crippen LogP contribution in [0.15, 0.2) is 41.7 Å². The number of fused-ring (bicyclic) bond motifs is 1. The SMILES string of the molecule is CCNC(=NCc1ccc2c(c1)OCO2)NCCCn1cccn1. The molecule has 24 heavy (non-hydrogen) atoms. The van der Waals surface area contributed by atoms with Gasteiger partial charge < -0.3 is 20.1 Å². The molecule has 0 aliphatic carbocycles. The zero-order valence-electron chi connectivity index (χ0n) is 13.9. The average Bonchev–Trinajstić information content (AvgIpc) is 3.27. The van der Waals surface area contributed by atoms with Crippen LogP contribution in [0.2, 0.25) is 0 Å². The van der Waals surface area contributed by atoms with Gasteiger partial charge >= 0.3 is 0 Å². The fourth-order valence-corrected chi connectivity index (χ4v) is 2.43. The zero-order valence-corrected chi connectivity index (χ0v) is 13.9. The molecule has 1 aromatic carbocycles. The van der Waals surface area contributed by atoms with Crippen molar-refractivity contribution in [3.63, 3.8) is 0 Å².